The van der Waals surface area contributed by atoms with Crippen molar-refractivity contribution in [3.8, 4) is 0 Å². The van der Waals surface area contributed by atoms with Crippen LogP contribution < -0.4 is 5.32 Å². The zero-order valence-electron chi connectivity index (χ0n) is 11.7. The van der Waals surface area contributed by atoms with Gasteiger partial charge >= 0.3 is 5.97 Å². The minimum atomic E-state index is -1.06. The topological polar surface area (TPSA) is 66.4 Å². The first kappa shape index (κ1) is 15.0. The molecule has 0 saturated carbocycles. The summed E-state index contributed by atoms with van der Waals surface area (Å²) in [4.78, 5) is 25.2. The highest BCUT2D eigenvalue weighted by atomic mass is 32.1. The van der Waals surface area contributed by atoms with Gasteiger partial charge in [0, 0.05) is 15.8 Å². The third kappa shape index (κ3) is 4.03. The largest absolute Gasteiger partial charge is 0.478 e. The number of carbonyl (C=O) groups is 2. The lowest BCUT2D eigenvalue weighted by atomic mass is 10.1. The monoisotopic (exact) mass is 301 g/mol. The Labute approximate surface area is 126 Å². The van der Waals surface area contributed by atoms with Crippen LogP contribution in [0, 0.1) is 13.8 Å². The van der Waals surface area contributed by atoms with Crippen molar-refractivity contribution in [3.63, 3.8) is 0 Å². The van der Waals surface area contributed by atoms with Crippen LogP contribution in [0.15, 0.2) is 36.4 Å². The first-order chi connectivity index (χ1) is 9.95. The van der Waals surface area contributed by atoms with Crippen molar-refractivity contribution in [2.24, 2.45) is 0 Å². The summed E-state index contributed by atoms with van der Waals surface area (Å²) >= 11 is 1.59. The second-order valence-corrected chi connectivity index (χ2v) is 5.94. The van der Waals surface area contributed by atoms with E-state index in [0.717, 1.165) is 10.4 Å². The highest BCUT2D eigenvalue weighted by Crippen LogP contribution is 2.19. The van der Waals surface area contributed by atoms with Crippen LogP contribution >= 0.6 is 11.3 Å². The number of hydrogen-bond acceptors (Lipinski definition) is 3. The van der Waals surface area contributed by atoms with Gasteiger partial charge in [-0.25, -0.2) is 4.79 Å². The molecular formula is C16H15NO3S. The molecule has 0 aliphatic heterocycles. The fourth-order valence-corrected chi connectivity index (χ4v) is 2.60. The van der Waals surface area contributed by atoms with Gasteiger partial charge in [0.25, 0.3) is 0 Å². The molecule has 0 unspecified atom stereocenters. The number of aromatic carboxylic acids is 1. The number of thiophene rings is 1. The van der Waals surface area contributed by atoms with E-state index in [1.807, 2.05) is 19.1 Å². The second-order valence-electron chi connectivity index (χ2n) is 4.63. The van der Waals surface area contributed by atoms with Gasteiger partial charge in [-0.3, -0.25) is 4.79 Å². The summed E-state index contributed by atoms with van der Waals surface area (Å²) in [6, 6.07) is 8.79. The molecule has 1 aromatic heterocycles. The van der Waals surface area contributed by atoms with Crippen LogP contribution in [0.4, 0.5) is 5.69 Å². The Bertz CT molecular complexity index is 716. The average Bonchev–Trinajstić information content (AvgIpc) is 2.84. The van der Waals surface area contributed by atoms with Gasteiger partial charge in [-0.15, -0.1) is 11.3 Å². The maximum atomic E-state index is 11.9. The zero-order chi connectivity index (χ0) is 15.4. The van der Waals surface area contributed by atoms with Gasteiger partial charge in [0.15, 0.2) is 0 Å². The first-order valence-electron chi connectivity index (χ1n) is 6.35. The molecule has 0 fully saturated rings. The van der Waals surface area contributed by atoms with E-state index in [0.29, 0.717) is 5.69 Å². The van der Waals surface area contributed by atoms with E-state index < -0.39 is 5.97 Å². The molecule has 0 saturated heterocycles. The lowest BCUT2D eigenvalue weighted by Gasteiger charge is -2.07. The van der Waals surface area contributed by atoms with Gasteiger partial charge in [-0.2, -0.15) is 0 Å². The standard InChI is InChI=1S/C16H15NO3S/c1-10-3-7-14(13(9-10)16(19)20)17-15(18)8-6-12-5-4-11(2)21-12/h3-9H,1-2H3,(H,17,18)(H,19,20)/b8-6+. The number of amides is 1. The number of hydrogen-bond donors (Lipinski definition) is 2. The Morgan fingerprint density at radius 3 is 2.57 bits per heavy atom. The van der Waals surface area contributed by atoms with Crippen molar-refractivity contribution in [2.45, 2.75) is 13.8 Å². The molecule has 0 aliphatic carbocycles. The Morgan fingerprint density at radius 1 is 1.19 bits per heavy atom. The molecule has 0 atom stereocenters. The van der Waals surface area contributed by atoms with Crippen LogP contribution in [0.1, 0.15) is 25.7 Å². The number of anilines is 1. The molecule has 0 spiro atoms. The molecule has 5 heteroatoms. The van der Waals surface area contributed by atoms with Gasteiger partial charge in [-0.05, 0) is 44.2 Å². The number of aryl methyl sites for hydroxylation is 2. The Balaban J connectivity index is 2.13. The first-order valence-corrected chi connectivity index (χ1v) is 7.17. The maximum Gasteiger partial charge on any atom is 0.337 e. The quantitative estimate of drug-likeness (QED) is 0.846. The molecule has 0 aliphatic rings. The van der Waals surface area contributed by atoms with Crippen LogP contribution in [-0.2, 0) is 4.79 Å². The highest BCUT2D eigenvalue weighted by Gasteiger charge is 2.11. The summed E-state index contributed by atoms with van der Waals surface area (Å²) in [5.41, 5.74) is 1.21. The van der Waals surface area contributed by atoms with Gasteiger partial charge in [0.2, 0.25) is 5.91 Å². The molecule has 2 N–H and O–H groups in total. The molecule has 21 heavy (non-hydrogen) atoms. The van der Waals surface area contributed by atoms with Crippen LogP contribution in [0.5, 0.6) is 0 Å². The van der Waals surface area contributed by atoms with E-state index in [9.17, 15) is 9.59 Å². The van der Waals surface area contributed by atoms with Gasteiger partial charge in [-0.1, -0.05) is 11.6 Å². The fourth-order valence-electron chi connectivity index (χ4n) is 1.82. The number of carboxylic acids is 1. The SMILES string of the molecule is Cc1ccc(NC(=O)/C=C/c2ccc(C)s2)c(C(=O)O)c1. The van der Waals surface area contributed by atoms with E-state index in [2.05, 4.69) is 5.32 Å². The number of nitrogens with one attached hydrogen (secondary N) is 1. The zero-order valence-corrected chi connectivity index (χ0v) is 12.5. The fraction of sp³-hybridized carbons (Fsp3) is 0.125. The highest BCUT2D eigenvalue weighted by molar-refractivity contribution is 7.12. The predicted octanol–water partition coefficient (Wildman–Crippen LogP) is 3.72. The van der Waals surface area contributed by atoms with E-state index in [4.69, 9.17) is 5.11 Å². The molecule has 2 aromatic rings. The lowest BCUT2D eigenvalue weighted by molar-refractivity contribution is -0.111. The summed E-state index contributed by atoms with van der Waals surface area (Å²) < 4.78 is 0. The van der Waals surface area contributed by atoms with Crippen LogP contribution in [0.25, 0.3) is 6.08 Å². The van der Waals surface area contributed by atoms with E-state index in [1.54, 1.807) is 36.5 Å². The number of carboxylic acid groups (broad SMARTS) is 1. The van der Waals surface area contributed by atoms with E-state index >= 15 is 0 Å². The summed E-state index contributed by atoms with van der Waals surface area (Å²) in [5.74, 6) is -1.42. The van der Waals surface area contributed by atoms with Crippen molar-refractivity contribution in [1.29, 1.82) is 0 Å². The Hall–Kier alpha value is -2.40. The minimum Gasteiger partial charge on any atom is -0.478 e. The van der Waals surface area contributed by atoms with E-state index in [-0.39, 0.29) is 11.5 Å². The second kappa shape index (κ2) is 6.37. The molecule has 4 nitrogen and oxygen atoms in total. The number of rotatable bonds is 4. The van der Waals surface area contributed by atoms with Crippen molar-refractivity contribution in [1.82, 2.24) is 0 Å². The predicted molar refractivity (Wildman–Crippen MR) is 84.9 cm³/mol. The third-order valence-corrected chi connectivity index (χ3v) is 3.79. The van der Waals surface area contributed by atoms with Crippen LogP contribution in [-0.4, -0.2) is 17.0 Å². The average molecular weight is 301 g/mol. The molecule has 2 rings (SSSR count). The summed E-state index contributed by atoms with van der Waals surface area (Å²) in [6.45, 7) is 3.80. The van der Waals surface area contributed by atoms with Crippen LogP contribution in [0.2, 0.25) is 0 Å². The maximum absolute atomic E-state index is 11.9. The molecule has 0 radical (unpaired) electrons. The Kier molecular flexibility index (Phi) is 4.55. The molecule has 0 bridgehead atoms. The molecule has 1 heterocycles. The summed E-state index contributed by atoms with van der Waals surface area (Å²) in [7, 11) is 0. The third-order valence-electron chi connectivity index (χ3n) is 2.82. The normalized spacial score (nSPS) is 10.8. The van der Waals surface area contributed by atoms with E-state index in [1.165, 1.54) is 17.0 Å². The molecule has 1 amide bonds. The minimum absolute atomic E-state index is 0.0868. The molecule has 1 aromatic carbocycles. The summed E-state index contributed by atoms with van der Waals surface area (Å²) in [5, 5.41) is 11.7. The molecular weight excluding hydrogens is 286 g/mol. The van der Waals surface area contributed by atoms with Crippen LogP contribution in [0.3, 0.4) is 0 Å². The van der Waals surface area contributed by atoms with Gasteiger partial charge in [0.1, 0.15) is 0 Å². The van der Waals surface area contributed by atoms with Crippen molar-refractivity contribution in [2.75, 3.05) is 5.32 Å². The molecule has 108 valence electrons. The van der Waals surface area contributed by atoms with Crippen molar-refractivity contribution in [3.05, 3.63) is 57.3 Å². The number of carbonyl (C=O) groups excluding carboxylic acids is 1. The smallest absolute Gasteiger partial charge is 0.337 e. The Morgan fingerprint density at radius 2 is 1.95 bits per heavy atom. The number of benzene rings is 1. The van der Waals surface area contributed by atoms with Crippen molar-refractivity contribution >= 4 is 35.0 Å². The van der Waals surface area contributed by atoms with Crippen molar-refractivity contribution < 1.29 is 14.7 Å². The van der Waals surface area contributed by atoms with Gasteiger partial charge in [0.05, 0.1) is 11.3 Å². The summed E-state index contributed by atoms with van der Waals surface area (Å²) in [6.07, 6.45) is 3.11. The van der Waals surface area contributed by atoms with Gasteiger partial charge < -0.3 is 10.4 Å². The lowest BCUT2D eigenvalue weighted by Crippen LogP contribution is -2.12.